The minimum Gasteiger partial charge on any atom is -0.465 e. The van der Waals surface area contributed by atoms with Gasteiger partial charge in [0.05, 0.1) is 19.1 Å². The molecule has 1 aromatic rings. The molecular weight excluding hydrogens is 459 g/mol. The van der Waals surface area contributed by atoms with Crippen molar-refractivity contribution in [2.45, 2.75) is 39.8 Å². The molecule has 1 unspecified atom stereocenters. The van der Waals surface area contributed by atoms with Crippen LogP contribution in [0, 0.1) is 12.8 Å². The number of halogens is 3. The minimum atomic E-state index is -4.58. The SMILES string of the molecule is CCNC(=O)NC1=NCC(C2=CN=CC(C(=O)OCC)C2)=C(c2nc(C(F)(F)F)c(C)s2)C1. The molecule has 0 fully saturated rings. The number of urea groups is 1. The number of thiazole rings is 1. The first kappa shape index (κ1) is 24.6. The van der Waals surface area contributed by atoms with Crippen molar-refractivity contribution in [1.29, 1.82) is 0 Å². The summed E-state index contributed by atoms with van der Waals surface area (Å²) in [6.07, 6.45) is -1.14. The number of carbonyl (C=O) groups is 2. The number of rotatable bonds is 5. The zero-order valence-corrected chi connectivity index (χ0v) is 19.2. The van der Waals surface area contributed by atoms with Gasteiger partial charge in [0.2, 0.25) is 0 Å². The highest BCUT2D eigenvalue weighted by Gasteiger charge is 2.37. The molecule has 0 aliphatic carbocycles. The number of dihydropyridines is 1. The average Bonchev–Trinajstić information content (AvgIpc) is 3.16. The zero-order valence-electron chi connectivity index (χ0n) is 18.4. The van der Waals surface area contributed by atoms with Crippen molar-refractivity contribution in [3.8, 4) is 0 Å². The number of nitrogens with zero attached hydrogens (tertiary/aromatic N) is 3. The topological polar surface area (TPSA) is 105 Å². The first-order valence-electron chi connectivity index (χ1n) is 10.4. The Kier molecular flexibility index (Phi) is 7.67. The molecule has 0 saturated heterocycles. The molecule has 0 aromatic carbocycles. The van der Waals surface area contributed by atoms with E-state index in [9.17, 15) is 22.8 Å². The number of esters is 1. The van der Waals surface area contributed by atoms with Crippen LogP contribution in [0.15, 0.2) is 27.3 Å². The molecule has 2 N–H and O–H groups in total. The maximum absolute atomic E-state index is 13.4. The lowest BCUT2D eigenvalue weighted by Gasteiger charge is -2.24. The van der Waals surface area contributed by atoms with Crippen LogP contribution in [-0.4, -0.2) is 48.7 Å². The summed E-state index contributed by atoms with van der Waals surface area (Å²) in [6.45, 7) is 5.59. The van der Waals surface area contributed by atoms with E-state index in [1.54, 1.807) is 20.0 Å². The second-order valence-corrected chi connectivity index (χ2v) is 8.52. The first-order chi connectivity index (χ1) is 15.6. The van der Waals surface area contributed by atoms with Gasteiger partial charge in [0.15, 0.2) is 5.69 Å². The highest BCUT2D eigenvalue weighted by atomic mass is 32.1. The highest BCUT2D eigenvalue weighted by Crippen LogP contribution is 2.40. The molecule has 1 atom stereocenters. The third-order valence-electron chi connectivity index (χ3n) is 4.97. The molecule has 0 radical (unpaired) electrons. The fourth-order valence-electron chi connectivity index (χ4n) is 3.48. The molecule has 2 aliphatic rings. The lowest BCUT2D eigenvalue weighted by Crippen LogP contribution is -2.40. The fourth-order valence-corrected chi connectivity index (χ4v) is 4.49. The number of hydrogen-bond donors (Lipinski definition) is 2. The van der Waals surface area contributed by atoms with Crippen LogP contribution in [-0.2, 0) is 15.7 Å². The fraction of sp³-hybridized carbons (Fsp3) is 0.476. The second kappa shape index (κ2) is 10.3. The third kappa shape index (κ3) is 5.86. The van der Waals surface area contributed by atoms with Gasteiger partial charge < -0.3 is 10.1 Å². The molecule has 2 aliphatic heterocycles. The van der Waals surface area contributed by atoms with E-state index in [0.29, 0.717) is 29.1 Å². The van der Waals surface area contributed by atoms with E-state index in [1.165, 1.54) is 13.1 Å². The normalized spacial score (nSPS) is 18.5. The predicted molar refractivity (Wildman–Crippen MR) is 119 cm³/mol. The molecule has 0 spiro atoms. The van der Waals surface area contributed by atoms with Crippen LogP contribution in [0.4, 0.5) is 18.0 Å². The van der Waals surface area contributed by atoms with Crippen LogP contribution >= 0.6 is 11.3 Å². The van der Waals surface area contributed by atoms with E-state index in [0.717, 1.165) is 11.3 Å². The number of hydrogen-bond acceptors (Lipinski definition) is 7. The van der Waals surface area contributed by atoms with Crippen LogP contribution in [0.5, 0.6) is 0 Å². The van der Waals surface area contributed by atoms with Gasteiger partial charge in [0.25, 0.3) is 0 Å². The Balaban J connectivity index is 1.98. The number of aromatic nitrogens is 1. The van der Waals surface area contributed by atoms with E-state index in [1.807, 2.05) is 0 Å². The summed E-state index contributed by atoms with van der Waals surface area (Å²) in [6, 6.07) is -0.450. The average molecular weight is 484 g/mol. The van der Waals surface area contributed by atoms with Gasteiger partial charge in [0.1, 0.15) is 10.8 Å². The smallest absolute Gasteiger partial charge is 0.434 e. The van der Waals surface area contributed by atoms with Crippen molar-refractivity contribution >= 4 is 41.0 Å². The lowest BCUT2D eigenvalue weighted by atomic mass is 9.88. The monoisotopic (exact) mass is 483 g/mol. The van der Waals surface area contributed by atoms with Gasteiger partial charge in [-0.3, -0.25) is 20.1 Å². The molecule has 3 rings (SSSR count). The van der Waals surface area contributed by atoms with Crippen molar-refractivity contribution in [3.05, 3.63) is 32.9 Å². The molecule has 12 heteroatoms. The van der Waals surface area contributed by atoms with E-state index >= 15 is 0 Å². The number of amidine groups is 1. The third-order valence-corrected chi connectivity index (χ3v) is 6.00. The summed E-state index contributed by atoms with van der Waals surface area (Å²) in [7, 11) is 0. The Hall–Kier alpha value is -3.02. The predicted octanol–water partition coefficient (Wildman–Crippen LogP) is 3.88. The number of amides is 2. The molecule has 178 valence electrons. The highest BCUT2D eigenvalue weighted by molar-refractivity contribution is 7.12. The summed E-state index contributed by atoms with van der Waals surface area (Å²) in [5.74, 6) is -0.694. The van der Waals surface area contributed by atoms with Crippen LogP contribution < -0.4 is 10.6 Å². The Labute approximate surface area is 192 Å². The van der Waals surface area contributed by atoms with Crippen molar-refractivity contribution in [3.63, 3.8) is 0 Å². The summed E-state index contributed by atoms with van der Waals surface area (Å²) < 4.78 is 45.2. The number of nitrogens with one attached hydrogen (secondary N) is 2. The first-order valence-corrected chi connectivity index (χ1v) is 11.2. The maximum Gasteiger partial charge on any atom is 0.434 e. The number of ether oxygens (including phenoxy) is 1. The number of alkyl halides is 3. The van der Waals surface area contributed by atoms with Crippen LogP contribution in [0.25, 0.3) is 5.57 Å². The van der Waals surface area contributed by atoms with Crippen molar-refractivity contribution in [2.24, 2.45) is 15.9 Å². The molecule has 1 aromatic heterocycles. The van der Waals surface area contributed by atoms with Gasteiger partial charge in [-0.1, -0.05) is 0 Å². The number of aryl methyl sites for hydroxylation is 1. The van der Waals surface area contributed by atoms with Crippen LogP contribution in [0.2, 0.25) is 0 Å². The Morgan fingerprint density at radius 2 is 2.03 bits per heavy atom. The van der Waals surface area contributed by atoms with Gasteiger partial charge >= 0.3 is 18.2 Å². The van der Waals surface area contributed by atoms with Gasteiger partial charge in [-0.2, -0.15) is 13.2 Å². The quantitative estimate of drug-likeness (QED) is 0.620. The number of carbonyl (C=O) groups excluding carboxylic acids is 2. The van der Waals surface area contributed by atoms with E-state index in [2.05, 4.69) is 25.6 Å². The van der Waals surface area contributed by atoms with Crippen molar-refractivity contribution < 1.29 is 27.5 Å². The minimum absolute atomic E-state index is 0.0464. The standard InChI is InChI=1S/C21H24F3N5O3S/c1-4-26-20(31)28-16-7-14(18-29-17(11(3)33-18)21(22,23)24)15(10-27-16)12-6-13(9-25-8-12)19(30)32-5-2/h8-9,13H,4-7,10H2,1-3H3,(H2,26,27,28,31). The summed E-state index contributed by atoms with van der Waals surface area (Å²) in [4.78, 5) is 36.6. The lowest BCUT2D eigenvalue weighted by molar-refractivity contribution is -0.145. The summed E-state index contributed by atoms with van der Waals surface area (Å²) in [5.41, 5.74) is 0.902. The van der Waals surface area contributed by atoms with Gasteiger partial charge in [-0.05, 0) is 38.3 Å². The molecule has 0 saturated carbocycles. The van der Waals surface area contributed by atoms with E-state index < -0.39 is 29.8 Å². The molecule has 8 nitrogen and oxygen atoms in total. The molecule has 2 amide bonds. The zero-order chi connectivity index (χ0) is 24.2. The van der Waals surface area contributed by atoms with Crippen molar-refractivity contribution in [1.82, 2.24) is 15.6 Å². The summed E-state index contributed by atoms with van der Waals surface area (Å²) >= 11 is 0.932. The van der Waals surface area contributed by atoms with Crippen LogP contribution in [0.3, 0.4) is 0 Å². The van der Waals surface area contributed by atoms with Gasteiger partial charge in [-0.15, -0.1) is 11.3 Å². The molecule has 33 heavy (non-hydrogen) atoms. The second-order valence-electron chi connectivity index (χ2n) is 7.32. The van der Waals surface area contributed by atoms with Gasteiger partial charge in [-0.25, -0.2) is 9.78 Å². The Morgan fingerprint density at radius 3 is 2.67 bits per heavy atom. The summed E-state index contributed by atoms with van der Waals surface area (Å²) in [5, 5.41) is 5.43. The molecule has 0 bridgehead atoms. The largest absolute Gasteiger partial charge is 0.465 e. The molecular formula is C21H24F3N5O3S. The molecule has 3 heterocycles. The Bertz CT molecular complexity index is 1060. The van der Waals surface area contributed by atoms with Gasteiger partial charge in [0, 0.05) is 35.8 Å². The van der Waals surface area contributed by atoms with E-state index in [4.69, 9.17) is 4.74 Å². The van der Waals surface area contributed by atoms with E-state index in [-0.39, 0.29) is 35.9 Å². The Morgan fingerprint density at radius 1 is 1.27 bits per heavy atom. The number of aliphatic imine (C=N–C) groups is 2. The van der Waals surface area contributed by atoms with Crippen LogP contribution in [0.1, 0.15) is 42.3 Å². The van der Waals surface area contributed by atoms with Crippen molar-refractivity contribution in [2.75, 3.05) is 19.7 Å². The maximum atomic E-state index is 13.4.